The summed E-state index contributed by atoms with van der Waals surface area (Å²) in [4.78, 5) is 13.9. The smallest absolute Gasteiger partial charge is 0.238 e. The van der Waals surface area contributed by atoms with Crippen molar-refractivity contribution in [2.24, 2.45) is 5.14 Å². The third-order valence-corrected chi connectivity index (χ3v) is 4.12. The van der Waals surface area contributed by atoms with Gasteiger partial charge in [0.25, 0.3) is 0 Å². The van der Waals surface area contributed by atoms with Gasteiger partial charge in [0, 0.05) is 18.7 Å². The molecular formula is C15H19N3O4S. The average molecular weight is 337 g/mol. The molecule has 1 aromatic heterocycles. The van der Waals surface area contributed by atoms with Gasteiger partial charge < -0.3 is 9.73 Å². The van der Waals surface area contributed by atoms with Gasteiger partial charge in [-0.2, -0.15) is 0 Å². The number of sulfonamides is 1. The average Bonchev–Trinajstić information content (AvgIpc) is 2.98. The molecule has 0 bridgehead atoms. The second-order valence-corrected chi connectivity index (χ2v) is 6.75. The number of benzene rings is 1. The number of hydrogen-bond donors (Lipinski definition) is 2. The van der Waals surface area contributed by atoms with Crippen molar-refractivity contribution in [3.05, 3.63) is 48.4 Å². The van der Waals surface area contributed by atoms with Gasteiger partial charge in [-0.15, -0.1) is 0 Å². The molecule has 0 saturated heterocycles. The Kier molecular flexibility index (Phi) is 5.54. The van der Waals surface area contributed by atoms with Crippen LogP contribution in [0.2, 0.25) is 0 Å². The first-order valence-corrected chi connectivity index (χ1v) is 8.53. The minimum absolute atomic E-state index is 0.00804. The molecule has 1 heterocycles. The molecule has 0 spiro atoms. The molecule has 0 aliphatic carbocycles. The lowest BCUT2D eigenvalue weighted by Crippen LogP contribution is -2.23. The topological polar surface area (TPSA) is 106 Å². The Morgan fingerprint density at radius 2 is 1.96 bits per heavy atom. The molecule has 0 radical (unpaired) electrons. The number of nitrogens with zero attached hydrogens (tertiary/aromatic N) is 1. The van der Waals surface area contributed by atoms with Crippen LogP contribution in [0.15, 0.2) is 52.0 Å². The van der Waals surface area contributed by atoms with Crippen molar-refractivity contribution in [3.8, 4) is 0 Å². The number of rotatable bonds is 7. The summed E-state index contributed by atoms with van der Waals surface area (Å²) in [7, 11) is -1.82. The van der Waals surface area contributed by atoms with Crippen LogP contribution in [-0.4, -0.2) is 32.8 Å². The number of carbonyl (C=O) groups excluding carboxylic acids is 1. The third-order valence-electron chi connectivity index (χ3n) is 3.19. The zero-order valence-corrected chi connectivity index (χ0v) is 13.5. The molecule has 1 amide bonds. The lowest BCUT2D eigenvalue weighted by Gasteiger charge is -2.14. The summed E-state index contributed by atoms with van der Waals surface area (Å²) < 4.78 is 27.5. The summed E-state index contributed by atoms with van der Waals surface area (Å²) >= 11 is 0. The van der Waals surface area contributed by atoms with Gasteiger partial charge in [-0.1, -0.05) is 0 Å². The lowest BCUT2D eigenvalue weighted by atomic mass is 10.3. The van der Waals surface area contributed by atoms with Crippen LogP contribution >= 0.6 is 0 Å². The Bertz CT molecular complexity index is 740. The van der Waals surface area contributed by atoms with Gasteiger partial charge in [-0.3, -0.25) is 9.69 Å². The van der Waals surface area contributed by atoms with E-state index in [0.29, 0.717) is 25.2 Å². The Balaban J connectivity index is 1.80. The first kappa shape index (κ1) is 17.2. The lowest BCUT2D eigenvalue weighted by molar-refractivity contribution is -0.116. The summed E-state index contributed by atoms with van der Waals surface area (Å²) in [5, 5.41) is 7.73. The molecule has 7 nitrogen and oxygen atoms in total. The van der Waals surface area contributed by atoms with Crippen molar-refractivity contribution in [2.45, 2.75) is 17.9 Å². The molecule has 2 rings (SSSR count). The fourth-order valence-corrected chi connectivity index (χ4v) is 2.51. The van der Waals surface area contributed by atoms with Crippen molar-refractivity contribution in [2.75, 3.05) is 18.9 Å². The highest BCUT2D eigenvalue weighted by atomic mass is 32.2. The van der Waals surface area contributed by atoms with E-state index in [1.165, 1.54) is 24.3 Å². The first-order valence-electron chi connectivity index (χ1n) is 6.98. The van der Waals surface area contributed by atoms with Gasteiger partial charge in [0.2, 0.25) is 15.9 Å². The molecule has 1 aromatic carbocycles. The van der Waals surface area contributed by atoms with E-state index in [0.717, 1.165) is 5.76 Å². The van der Waals surface area contributed by atoms with E-state index < -0.39 is 10.0 Å². The molecule has 0 atom stereocenters. The second-order valence-electron chi connectivity index (χ2n) is 5.18. The minimum Gasteiger partial charge on any atom is -0.468 e. The minimum atomic E-state index is -3.72. The number of anilines is 1. The van der Waals surface area contributed by atoms with Crippen LogP contribution in [0.5, 0.6) is 0 Å². The predicted molar refractivity (Wildman–Crippen MR) is 86.1 cm³/mol. The van der Waals surface area contributed by atoms with Crippen LogP contribution in [0.25, 0.3) is 0 Å². The summed E-state index contributed by atoms with van der Waals surface area (Å²) in [5.74, 6) is 0.686. The van der Waals surface area contributed by atoms with Gasteiger partial charge >= 0.3 is 0 Å². The summed E-state index contributed by atoms with van der Waals surface area (Å²) in [6, 6.07) is 9.42. The van der Waals surface area contributed by atoms with E-state index in [1.807, 2.05) is 24.1 Å². The van der Waals surface area contributed by atoms with E-state index >= 15 is 0 Å². The molecule has 0 aliphatic heterocycles. The van der Waals surface area contributed by atoms with Crippen LogP contribution in [0.3, 0.4) is 0 Å². The largest absolute Gasteiger partial charge is 0.468 e. The highest BCUT2D eigenvalue weighted by Crippen LogP contribution is 2.13. The number of hydrogen-bond acceptors (Lipinski definition) is 5. The van der Waals surface area contributed by atoms with Crippen LogP contribution in [0.4, 0.5) is 5.69 Å². The van der Waals surface area contributed by atoms with Gasteiger partial charge in [0.15, 0.2) is 0 Å². The standard InChI is InChI=1S/C15H19N3O4S/c1-18(11-13-3-2-10-22-13)9-8-15(19)17-12-4-6-14(7-5-12)23(16,20)21/h2-7,10H,8-9,11H2,1H3,(H,17,19)(H2,16,20,21). The summed E-state index contributed by atoms with van der Waals surface area (Å²) in [5.41, 5.74) is 0.524. The van der Waals surface area contributed by atoms with Crippen LogP contribution in [0.1, 0.15) is 12.2 Å². The van der Waals surface area contributed by atoms with Gasteiger partial charge in [0.05, 0.1) is 17.7 Å². The van der Waals surface area contributed by atoms with Crippen molar-refractivity contribution < 1.29 is 17.6 Å². The maximum Gasteiger partial charge on any atom is 0.238 e. The Morgan fingerprint density at radius 3 is 2.52 bits per heavy atom. The monoisotopic (exact) mass is 337 g/mol. The maximum atomic E-state index is 11.9. The van der Waals surface area contributed by atoms with Gasteiger partial charge in [0.1, 0.15) is 5.76 Å². The normalized spacial score (nSPS) is 11.6. The molecule has 0 saturated carbocycles. The fraction of sp³-hybridized carbons (Fsp3) is 0.267. The van der Waals surface area contributed by atoms with Crippen molar-refractivity contribution >= 4 is 21.6 Å². The molecular weight excluding hydrogens is 318 g/mol. The maximum absolute atomic E-state index is 11.9. The molecule has 0 aliphatic rings. The van der Waals surface area contributed by atoms with E-state index in [4.69, 9.17) is 9.56 Å². The first-order chi connectivity index (χ1) is 10.8. The quantitative estimate of drug-likeness (QED) is 0.794. The van der Waals surface area contributed by atoms with Crippen molar-refractivity contribution in [1.82, 2.24) is 4.90 Å². The van der Waals surface area contributed by atoms with E-state index in [9.17, 15) is 13.2 Å². The second kappa shape index (κ2) is 7.40. The van der Waals surface area contributed by atoms with Gasteiger partial charge in [-0.05, 0) is 43.4 Å². The van der Waals surface area contributed by atoms with Crippen LogP contribution < -0.4 is 10.5 Å². The highest BCUT2D eigenvalue weighted by Gasteiger charge is 2.09. The summed E-state index contributed by atoms with van der Waals surface area (Å²) in [6.45, 7) is 1.20. The van der Waals surface area contributed by atoms with E-state index in [-0.39, 0.29) is 10.8 Å². The summed E-state index contributed by atoms with van der Waals surface area (Å²) in [6.07, 6.45) is 1.93. The van der Waals surface area contributed by atoms with Crippen LogP contribution in [0, 0.1) is 0 Å². The van der Waals surface area contributed by atoms with E-state index in [1.54, 1.807) is 6.26 Å². The Morgan fingerprint density at radius 1 is 1.26 bits per heavy atom. The number of carbonyl (C=O) groups is 1. The molecule has 2 aromatic rings. The number of primary sulfonamides is 1. The zero-order valence-electron chi connectivity index (χ0n) is 12.7. The number of nitrogens with two attached hydrogens (primary N) is 1. The molecule has 23 heavy (non-hydrogen) atoms. The fourth-order valence-electron chi connectivity index (χ4n) is 1.99. The molecule has 3 N–H and O–H groups in total. The third kappa shape index (κ3) is 5.51. The predicted octanol–water partition coefficient (Wildman–Crippen LogP) is 1.39. The molecule has 124 valence electrons. The highest BCUT2D eigenvalue weighted by molar-refractivity contribution is 7.89. The number of furan rings is 1. The molecule has 8 heteroatoms. The van der Waals surface area contributed by atoms with E-state index in [2.05, 4.69) is 5.32 Å². The van der Waals surface area contributed by atoms with Crippen molar-refractivity contribution in [3.63, 3.8) is 0 Å². The Labute approximate surface area is 135 Å². The van der Waals surface area contributed by atoms with Crippen molar-refractivity contribution in [1.29, 1.82) is 0 Å². The SMILES string of the molecule is CN(CCC(=O)Nc1ccc(S(N)(=O)=O)cc1)Cc1ccco1. The molecule has 0 fully saturated rings. The number of nitrogens with one attached hydrogen (secondary N) is 1. The Hall–Kier alpha value is -2.16. The van der Waals surface area contributed by atoms with Crippen LogP contribution in [-0.2, 0) is 21.4 Å². The van der Waals surface area contributed by atoms with Gasteiger partial charge in [-0.25, -0.2) is 13.6 Å². The molecule has 0 unspecified atom stereocenters. The number of amides is 1. The zero-order chi connectivity index (χ0) is 16.9.